The van der Waals surface area contributed by atoms with Gasteiger partial charge >= 0.3 is 12.0 Å². The molecule has 0 aromatic rings. The van der Waals surface area contributed by atoms with Gasteiger partial charge in [-0.05, 0) is 0 Å². The molecular formula is C10H18N2O5. The van der Waals surface area contributed by atoms with Crippen molar-refractivity contribution < 1.29 is 24.2 Å². The minimum Gasteiger partial charge on any atom is -0.480 e. The fourth-order valence-corrected chi connectivity index (χ4v) is 1.64. The van der Waals surface area contributed by atoms with Crippen LogP contribution in [-0.4, -0.2) is 56.1 Å². The molecule has 98 valence electrons. The molecular weight excluding hydrogens is 228 g/mol. The Bertz CT molecular complexity index is 276. The summed E-state index contributed by atoms with van der Waals surface area (Å²) in [5.41, 5.74) is -1.21. The van der Waals surface area contributed by atoms with Crippen molar-refractivity contribution in [1.29, 1.82) is 0 Å². The quantitative estimate of drug-likeness (QED) is 0.572. The number of carboxylic acids is 1. The summed E-state index contributed by atoms with van der Waals surface area (Å²) >= 11 is 0. The maximum Gasteiger partial charge on any atom is 0.329 e. The third kappa shape index (κ3) is 3.86. The van der Waals surface area contributed by atoms with Gasteiger partial charge in [-0.25, -0.2) is 9.59 Å². The van der Waals surface area contributed by atoms with Crippen LogP contribution in [0.15, 0.2) is 0 Å². The molecule has 0 saturated carbocycles. The molecule has 0 spiro atoms. The summed E-state index contributed by atoms with van der Waals surface area (Å²) in [6.07, 6.45) is 0.556. The van der Waals surface area contributed by atoms with Crippen molar-refractivity contribution in [2.45, 2.75) is 18.4 Å². The molecule has 1 fully saturated rings. The van der Waals surface area contributed by atoms with Crippen LogP contribution in [0.5, 0.6) is 0 Å². The lowest BCUT2D eigenvalue weighted by Gasteiger charge is -2.33. The summed E-state index contributed by atoms with van der Waals surface area (Å²) in [6.45, 7) is 1.40. The highest BCUT2D eigenvalue weighted by Gasteiger charge is 2.41. The van der Waals surface area contributed by atoms with Crippen LogP contribution in [0.25, 0.3) is 0 Å². The van der Waals surface area contributed by atoms with Gasteiger partial charge in [0.25, 0.3) is 0 Å². The Morgan fingerprint density at radius 2 is 2.06 bits per heavy atom. The molecule has 1 aliphatic rings. The first-order valence-corrected chi connectivity index (χ1v) is 5.47. The third-order valence-electron chi connectivity index (χ3n) is 2.70. The number of urea groups is 1. The number of carbonyl (C=O) groups excluding carboxylic acids is 1. The van der Waals surface area contributed by atoms with Crippen molar-refractivity contribution in [2.24, 2.45) is 0 Å². The SMILES string of the molecule is COCCNC(=O)NC1(C(=O)O)CCOCC1. The molecule has 3 N–H and O–H groups in total. The third-order valence-corrected chi connectivity index (χ3v) is 2.70. The molecule has 17 heavy (non-hydrogen) atoms. The molecule has 0 radical (unpaired) electrons. The molecule has 1 aliphatic heterocycles. The van der Waals surface area contributed by atoms with Gasteiger partial charge in [-0.2, -0.15) is 0 Å². The van der Waals surface area contributed by atoms with E-state index in [1.54, 1.807) is 0 Å². The Morgan fingerprint density at radius 1 is 1.41 bits per heavy atom. The van der Waals surface area contributed by atoms with Crippen molar-refractivity contribution in [3.05, 3.63) is 0 Å². The largest absolute Gasteiger partial charge is 0.480 e. The highest BCUT2D eigenvalue weighted by Crippen LogP contribution is 2.20. The Labute approximate surface area is 99.5 Å². The summed E-state index contributed by atoms with van der Waals surface area (Å²) in [5.74, 6) is -1.03. The molecule has 7 nitrogen and oxygen atoms in total. The van der Waals surface area contributed by atoms with Gasteiger partial charge in [-0.3, -0.25) is 0 Å². The standard InChI is InChI=1S/C10H18N2O5/c1-16-7-4-11-9(15)12-10(8(13)14)2-5-17-6-3-10/h2-7H2,1H3,(H,13,14)(H2,11,12,15). The van der Waals surface area contributed by atoms with E-state index in [1.807, 2.05) is 0 Å². The Kier molecular flexibility index (Phi) is 5.17. The second-order valence-electron chi connectivity index (χ2n) is 3.87. The minimum atomic E-state index is -1.21. The maximum absolute atomic E-state index is 11.5. The monoisotopic (exact) mass is 246 g/mol. The van der Waals surface area contributed by atoms with Gasteiger partial charge in [0.15, 0.2) is 0 Å². The van der Waals surface area contributed by atoms with Gasteiger partial charge in [0, 0.05) is 39.7 Å². The first-order valence-electron chi connectivity index (χ1n) is 5.47. The predicted octanol–water partition coefficient (Wildman–Crippen LogP) is -0.434. The van der Waals surface area contributed by atoms with Gasteiger partial charge in [-0.1, -0.05) is 0 Å². The Hall–Kier alpha value is -1.34. The lowest BCUT2D eigenvalue weighted by atomic mass is 9.90. The van der Waals surface area contributed by atoms with Crippen LogP contribution in [-0.2, 0) is 14.3 Å². The highest BCUT2D eigenvalue weighted by molar-refractivity contribution is 5.86. The van der Waals surface area contributed by atoms with Gasteiger partial charge in [-0.15, -0.1) is 0 Å². The van der Waals surface area contributed by atoms with Crippen LogP contribution < -0.4 is 10.6 Å². The molecule has 1 rings (SSSR count). The van der Waals surface area contributed by atoms with Crippen molar-refractivity contribution in [3.8, 4) is 0 Å². The fourth-order valence-electron chi connectivity index (χ4n) is 1.64. The fraction of sp³-hybridized carbons (Fsp3) is 0.800. The van der Waals surface area contributed by atoms with Crippen molar-refractivity contribution in [2.75, 3.05) is 33.5 Å². The normalized spacial score (nSPS) is 18.4. The molecule has 0 aliphatic carbocycles. The zero-order valence-electron chi connectivity index (χ0n) is 9.82. The van der Waals surface area contributed by atoms with Crippen LogP contribution in [0, 0.1) is 0 Å². The number of methoxy groups -OCH3 is 1. The van der Waals surface area contributed by atoms with E-state index in [-0.39, 0.29) is 12.8 Å². The smallest absolute Gasteiger partial charge is 0.329 e. The number of rotatable bonds is 5. The average Bonchev–Trinajstić information content (AvgIpc) is 2.30. The van der Waals surface area contributed by atoms with E-state index in [0.717, 1.165) is 0 Å². The van der Waals surface area contributed by atoms with E-state index in [0.29, 0.717) is 26.4 Å². The van der Waals surface area contributed by atoms with Crippen LogP contribution in [0.3, 0.4) is 0 Å². The van der Waals surface area contributed by atoms with Crippen molar-refractivity contribution in [3.63, 3.8) is 0 Å². The predicted molar refractivity (Wildman–Crippen MR) is 58.8 cm³/mol. The number of hydrogen-bond acceptors (Lipinski definition) is 4. The highest BCUT2D eigenvalue weighted by atomic mass is 16.5. The topological polar surface area (TPSA) is 96.9 Å². The lowest BCUT2D eigenvalue weighted by molar-refractivity contribution is -0.148. The summed E-state index contributed by atoms with van der Waals surface area (Å²) in [5, 5.41) is 14.2. The maximum atomic E-state index is 11.5. The van der Waals surface area contributed by atoms with Crippen molar-refractivity contribution >= 4 is 12.0 Å². The molecule has 7 heteroatoms. The number of hydrogen-bond donors (Lipinski definition) is 3. The number of ether oxygens (including phenoxy) is 2. The summed E-state index contributed by atoms with van der Waals surface area (Å²) in [6, 6.07) is -0.494. The molecule has 1 heterocycles. The van der Waals surface area contributed by atoms with Crippen LogP contribution in [0.2, 0.25) is 0 Å². The first kappa shape index (κ1) is 13.7. The van der Waals surface area contributed by atoms with Gasteiger partial charge in [0.1, 0.15) is 5.54 Å². The lowest BCUT2D eigenvalue weighted by Crippen LogP contribution is -2.59. The van der Waals surface area contributed by atoms with E-state index in [9.17, 15) is 14.7 Å². The number of carboxylic acid groups (broad SMARTS) is 1. The molecule has 0 aromatic heterocycles. The molecule has 2 amide bonds. The van der Waals surface area contributed by atoms with E-state index in [4.69, 9.17) is 9.47 Å². The minimum absolute atomic E-state index is 0.278. The Balaban J connectivity index is 2.48. The second-order valence-corrected chi connectivity index (χ2v) is 3.87. The van der Waals surface area contributed by atoms with E-state index < -0.39 is 17.5 Å². The average molecular weight is 246 g/mol. The molecule has 0 unspecified atom stereocenters. The van der Waals surface area contributed by atoms with E-state index in [2.05, 4.69) is 10.6 Å². The number of nitrogens with one attached hydrogen (secondary N) is 2. The number of amides is 2. The summed E-state index contributed by atoms with van der Waals surface area (Å²) in [4.78, 5) is 22.7. The van der Waals surface area contributed by atoms with Crippen LogP contribution in [0.1, 0.15) is 12.8 Å². The number of carbonyl (C=O) groups is 2. The number of aliphatic carboxylic acids is 1. The van der Waals surface area contributed by atoms with Crippen LogP contribution >= 0.6 is 0 Å². The van der Waals surface area contributed by atoms with Gasteiger partial charge in [0.05, 0.1) is 6.61 Å². The summed E-state index contributed by atoms with van der Waals surface area (Å²) in [7, 11) is 1.52. The molecule has 0 aromatic carbocycles. The van der Waals surface area contributed by atoms with Crippen LogP contribution in [0.4, 0.5) is 4.79 Å². The molecule has 0 atom stereocenters. The van der Waals surface area contributed by atoms with Gasteiger partial charge < -0.3 is 25.2 Å². The van der Waals surface area contributed by atoms with E-state index >= 15 is 0 Å². The zero-order chi connectivity index (χ0) is 12.7. The molecule has 1 saturated heterocycles. The summed E-state index contributed by atoms with van der Waals surface area (Å²) < 4.78 is 9.88. The Morgan fingerprint density at radius 3 is 2.59 bits per heavy atom. The van der Waals surface area contributed by atoms with Crippen molar-refractivity contribution in [1.82, 2.24) is 10.6 Å². The second kappa shape index (κ2) is 6.41. The first-order chi connectivity index (χ1) is 8.10. The zero-order valence-corrected chi connectivity index (χ0v) is 9.82. The van der Waals surface area contributed by atoms with E-state index in [1.165, 1.54) is 7.11 Å². The van der Waals surface area contributed by atoms with Gasteiger partial charge in [0.2, 0.25) is 0 Å². The molecule has 0 bridgehead atoms.